The fraction of sp³-hybridized carbons (Fsp3) is 0.118. The van der Waals surface area contributed by atoms with Crippen LogP contribution in [0.3, 0.4) is 0 Å². The number of nitrogens with one attached hydrogen (secondary N) is 1. The molecule has 2 N–H and O–H groups in total. The Hall–Kier alpha value is -2.62. The molecule has 21 heavy (non-hydrogen) atoms. The minimum Gasteiger partial charge on any atom is -0.494 e. The third-order valence-corrected chi connectivity index (χ3v) is 3.38. The van der Waals surface area contributed by atoms with Crippen molar-refractivity contribution in [2.45, 2.75) is 13.5 Å². The van der Waals surface area contributed by atoms with Gasteiger partial charge in [0, 0.05) is 17.1 Å². The second kappa shape index (κ2) is 5.40. The van der Waals surface area contributed by atoms with E-state index in [1.807, 2.05) is 25.1 Å². The van der Waals surface area contributed by atoms with Gasteiger partial charge >= 0.3 is 0 Å². The molecule has 0 saturated heterocycles. The molecule has 0 amide bonds. The number of H-pyrrole nitrogens is 1. The van der Waals surface area contributed by atoms with Gasteiger partial charge in [0.2, 0.25) is 0 Å². The van der Waals surface area contributed by atoms with Gasteiger partial charge in [-0.25, -0.2) is 4.39 Å². The van der Waals surface area contributed by atoms with Crippen molar-refractivity contribution in [2.24, 2.45) is 4.99 Å². The van der Waals surface area contributed by atoms with Crippen LogP contribution in [0.25, 0.3) is 10.9 Å². The lowest BCUT2D eigenvalue weighted by Gasteiger charge is -1.97. The summed E-state index contributed by atoms with van der Waals surface area (Å²) in [6.45, 7) is 2.45. The minimum absolute atomic E-state index is 0.110. The maximum absolute atomic E-state index is 12.8. The number of rotatable bonds is 3. The minimum atomic E-state index is -0.257. The maximum Gasteiger partial charge on any atom is 0.198 e. The van der Waals surface area contributed by atoms with Crippen LogP contribution in [0.5, 0.6) is 5.88 Å². The summed E-state index contributed by atoms with van der Waals surface area (Å²) < 4.78 is 12.8. The van der Waals surface area contributed by atoms with Crippen molar-refractivity contribution in [1.29, 1.82) is 0 Å². The molecule has 2 aromatic carbocycles. The number of aryl methyl sites for hydroxylation is 1. The molecular formula is C17H15FN2O. The van der Waals surface area contributed by atoms with Gasteiger partial charge in [0.1, 0.15) is 5.82 Å². The second-order valence-electron chi connectivity index (χ2n) is 5.03. The standard InChI is InChI=1S/C17H15FN2O/c1-11-2-7-16-14(8-11)15(17(21)20-16)10-19-9-12-3-5-13(18)6-4-12/h2-8,10,20-21H,9H2,1H3. The number of hydrogen-bond acceptors (Lipinski definition) is 2. The molecule has 0 aliphatic carbocycles. The van der Waals surface area contributed by atoms with Crippen LogP contribution in [0, 0.1) is 12.7 Å². The van der Waals surface area contributed by atoms with Crippen LogP contribution in [0.4, 0.5) is 4.39 Å². The average Bonchev–Trinajstić information content (AvgIpc) is 2.77. The number of fused-ring (bicyclic) bond motifs is 1. The molecule has 0 saturated carbocycles. The third kappa shape index (κ3) is 2.79. The zero-order chi connectivity index (χ0) is 14.8. The summed E-state index contributed by atoms with van der Waals surface area (Å²) >= 11 is 0. The van der Waals surface area contributed by atoms with Crippen molar-refractivity contribution in [3.05, 3.63) is 65.0 Å². The molecule has 0 aliphatic heterocycles. The van der Waals surface area contributed by atoms with Crippen LogP contribution in [-0.4, -0.2) is 16.3 Å². The zero-order valence-corrected chi connectivity index (χ0v) is 11.6. The van der Waals surface area contributed by atoms with Crippen molar-refractivity contribution in [3.63, 3.8) is 0 Å². The van der Waals surface area contributed by atoms with E-state index in [1.54, 1.807) is 18.3 Å². The van der Waals surface area contributed by atoms with E-state index in [1.165, 1.54) is 12.1 Å². The van der Waals surface area contributed by atoms with E-state index in [9.17, 15) is 9.50 Å². The van der Waals surface area contributed by atoms with Gasteiger partial charge in [-0.15, -0.1) is 0 Å². The highest BCUT2D eigenvalue weighted by Crippen LogP contribution is 2.26. The Kier molecular flexibility index (Phi) is 3.44. The van der Waals surface area contributed by atoms with E-state index in [0.717, 1.165) is 22.0 Å². The maximum atomic E-state index is 12.8. The lowest BCUT2D eigenvalue weighted by atomic mass is 10.1. The first-order chi connectivity index (χ1) is 10.1. The van der Waals surface area contributed by atoms with Gasteiger partial charge in [0.05, 0.1) is 12.1 Å². The molecular weight excluding hydrogens is 267 g/mol. The lowest BCUT2D eigenvalue weighted by molar-refractivity contribution is 0.457. The van der Waals surface area contributed by atoms with E-state index >= 15 is 0 Å². The highest BCUT2D eigenvalue weighted by atomic mass is 19.1. The highest BCUT2D eigenvalue weighted by Gasteiger charge is 2.08. The van der Waals surface area contributed by atoms with Crippen LogP contribution in [0.1, 0.15) is 16.7 Å². The zero-order valence-electron chi connectivity index (χ0n) is 11.6. The summed E-state index contributed by atoms with van der Waals surface area (Å²) in [5.41, 5.74) is 3.59. The highest BCUT2D eigenvalue weighted by molar-refractivity contribution is 6.02. The van der Waals surface area contributed by atoms with E-state index in [2.05, 4.69) is 9.98 Å². The molecule has 0 unspecified atom stereocenters. The summed E-state index contributed by atoms with van der Waals surface area (Å²) in [5, 5.41) is 10.9. The number of aromatic amines is 1. The predicted molar refractivity (Wildman–Crippen MR) is 82.4 cm³/mol. The second-order valence-corrected chi connectivity index (χ2v) is 5.03. The first-order valence-electron chi connectivity index (χ1n) is 6.69. The molecule has 1 aromatic heterocycles. The number of aromatic nitrogens is 1. The van der Waals surface area contributed by atoms with E-state index in [-0.39, 0.29) is 11.7 Å². The number of halogens is 1. The molecule has 0 spiro atoms. The third-order valence-electron chi connectivity index (χ3n) is 3.38. The lowest BCUT2D eigenvalue weighted by Crippen LogP contribution is -1.85. The Morgan fingerprint density at radius 2 is 1.95 bits per heavy atom. The monoisotopic (exact) mass is 282 g/mol. The van der Waals surface area contributed by atoms with E-state index in [4.69, 9.17) is 0 Å². The van der Waals surface area contributed by atoms with Crippen LogP contribution in [0.15, 0.2) is 47.5 Å². The number of benzene rings is 2. The van der Waals surface area contributed by atoms with Gasteiger partial charge in [-0.3, -0.25) is 4.99 Å². The quantitative estimate of drug-likeness (QED) is 0.702. The Morgan fingerprint density at radius 3 is 2.71 bits per heavy atom. The Bertz CT molecular complexity index is 804. The predicted octanol–water partition coefficient (Wildman–Crippen LogP) is 3.94. The Balaban J connectivity index is 1.87. The molecule has 0 atom stereocenters. The first-order valence-corrected chi connectivity index (χ1v) is 6.69. The number of aliphatic imine (C=N–C) groups is 1. The molecule has 0 aliphatic rings. The SMILES string of the molecule is Cc1ccc2[nH]c(O)c(C=NCc3ccc(F)cc3)c2c1. The number of aromatic hydroxyl groups is 1. The number of nitrogens with zero attached hydrogens (tertiary/aromatic N) is 1. The number of hydrogen-bond donors (Lipinski definition) is 2. The topological polar surface area (TPSA) is 48.4 Å². The molecule has 1 heterocycles. The molecule has 3 aromatic rings. The van der Waals surface area contributed by atoms with Gasteiger partial charge in [-0.05, 0) is 36.8 Å². The molecule has 0 radical (unpaired) electrons. The largest absolute Gasteiger partial charge is 0.494 e. The van der Waals surface area contributed by atoms with Gasteiger partial charge in [-0.1, -0.05) is 23.8 Å². The summed E-state index contributed by atoms with van der Waals surface area (Å²) in [7, 11) is 0. The molecule has 0 fully saturated rings. The fourth-order valence-electron chi connectivity index (χ4n) is 2.28. The molecule has 106 valence electrons. The van der Waals surface area contributed by atoms with Gasteiger partial charge in [0.15, 0.2) is 5.88 Å². The molecule has 3 nitrogen and oxygen atoms in total. The van der Waals surface area contributed by atoms with Crippen molar-refractivity contribution in [1.82, 2.24) is 4.98 Å². The van der Waals surface area contributed by atoms with Crippen molar-refractivity contribution in [3.8, 4) is 5.88 Å². The van der Waals surface area contributed by atoms with Crippen molar-refractivity contribution in [2.75, 3.05) is 0 Å². The van der Waals surface area contributed by atoms with Crippen LogP contribution < -0.4 is 0 Å². The molecule has 3 rings (SSSR count). The van der Waals surface area contributed by atoms with Crippen LogP contribution in [-0.2, 0) is 6.54 Å². The normalized spacial score (nSPS) is 11.5. The van der Waals surface area contributed by atoms with E-state index in [0.29, 0.717) is 12.1 Å². The van der Waals surface area contributed by atoms with Gasteiger partial charge in [0.25, 0.3) is 0 Å². The summed E-state index contributed by atoms with van der Waals surface area (Å²) in [5.74, 6) is -0.147. The van der Waals surface area contributed by atoms with E-state index < -0.39 is 0 Å². The molecule has 4 heteroatoms. The summed E-state index contributed by atoms with van der Waals surface area (Å²) in [6.07, 6.45) is 1.65. The Labute approximate surface area is 121 Å². The average molecular weight is 282 g/mol. The van der Waals surface area contributed by atoms with Gasteiger partial charge in [-0.2, -0.15) is 0 Å². The van der Waals surface area contributed by atoms with Gasteiger partial charge < -0.3 is 10.1 Å². The Morgan fingerprint density at radius 1 is 1.19 bits per heavy atom. The first kappa shape index (κ1) is 13.4. The van der Waals surface area contributed by atoms with Crippen LogP contribution in [0.2, 0.25) is 0 Å². The van der Waals surface area contributed by atoms with Crippen molar-refractivity contribution < 1.29 is 9.50 Å². The summed E-state index contributed by atoms with van der Waals surface area (Å²) in [4.78, 5) is 7.25. The van der Waals surface area contributed by atoms with Crippen molar-refractivity contribution >= 4 is 17.1 Å². The smallest absolute Gasteiger partial charge is 0.198 e. The molecule has 0 bridgehead atoms. The van der Waals surface area contributed by atoms with Crippen LogP contribution >= 0.6 is 0 Å². The fourth-order valence-corrected chi connectivity index (χ4v) is 2.28. The summed E-state index contributed by atoms with van der Waals surface area (Å²) in [6, 6.07) is 12.1.